The fourth-order valence-electron chi connectivity index (χ4n) is 0.625. The summed E-state index contributed by atoms with van der Waals surface area (Å²) in [4.78, 5) is 0. The van der Waals surface area contributed by atoms with Gasteiger partial charge in [0, 0.05) is 5.56 Å². The number of hydrogen-bond acceptors (Lipinski definition) is 2. The standard InChI is InChI=1S/C7H8O2.2H2O/c8-7(9)6-4-2-1-3-5-6;;/h1-5,7-9H;2*1H2. The van der Waals surface area contributed by atoms with E-state index in [4.69, 9.17) is 10.2 Å². The van der Waals surface area contributed by atoms with Crippen molar-refractivity contribution in [3.05, 3.63) is 35.9 Å². The van der Waals surface area contributed by atoms with E-state index in [1.54, 1.807) is 24.3 Å². The molecule has 0 saturated heterocycles. The highest BCUT2D eigenvalue weighted by Crippen LogP contribution is 2.06. The molecule has 6 N–H and O–H groups in total. The van der Waals surface area contributed by atoms with Crippen molar-refractivity contribution in [1.82, 2.24) is 0 Å². The van der Waals surface area contributed by atoms with Crippen LogP contribution in [-0.4, -0.2) is 21.2 Å². The van der Waals surface area contributed by atoms with Crippen molar-refractivity contribution in [3.8, 4) is 0 Å². The van der Waals surface area contributed by atoms with Gasteiger partial charge in [0.2, 0.25) is 0 Å². The lowest BCUT2D eigenvalue weighted by Gasteiger charge is -1.99. The molecule has 1 rings (SSSR count). The lowest BCUT2D eigenvalue weighted by atomic mass is 10.2. The summed E-state index contributed by atoms with van der Waals surface area (Å²) >= 11 is 0. The molecule has 0 unspecified atom stereocenters. The zero-order valence-electron chi connectivity index (χ0n) is 5.86. The zero-order valence-corrected chi connectivity index (χ0v) is 5.86. The molecule has 1 aromatic carbocycles. The van der Waals surface area contributed by atoms with E-state index >= 15 is 0 Å². The van der Waals surface area contributed by atoms with E-state index in [2.05, 4.69) is 0 Å². The molecule has 0 aliphatic rings. The maximum absolute atomic E-state index is 8.58. The van der Waals surface area contributed by atoms with Crippen LogP contribution in [0, 0.1) is 0 Å². The summed E-state index contributed by atoms with van der Waals surface area (Å²) in [5.74, 6) is 0. The van der Waals surface area contributed by atoms with Crippen molar-refractivity contribution in [2.45, 2.75) is 6.29 Å². The lowest BCUT2D eigenvalue weighted by Crippen LogP contribution is -1.92. The smallest absolute Gasteiger partial charge is 0.178 e. The Morgan fingerprint density at radius 1 is 0.909 bits per heavy atom. The van der Waals surface area contributed by atoms with Crippen LogP contribution in [0.1, 0.15) is 11.9 Å². The summed E-state index contributed by atoms with van der Waals surface area (Å²) < 4.78 is 0. The molecule has 0 saturated carbocycles. The van der Waals surface area contributed by atoms with Crippen LogP contribution in [0.3, 0.4) is 0 Å². The molecule has 4 nitrogen and oxygen atoms in total. The van der Waals surface area contributed by atoms with Gasteiger partial charge in [-0.15, -0.1) is 0 Å². The van der Waals surface area contributed by atoms with Crippen molar-refractivity contribution < 1.29 is 21.2 Å². The first-order valence-corrected chi connectivity index (χ1v) is 2.72. The average Bonchev–Trinajstić information content (AvgIpc) is 1.90. The van der Waals surface area contributed by atoms with E-state index in [0.717, 1.165) is 0 Å². The van der Waals surface area contributed by atoms with Crippen molar-refractivity contribution in [2.75, 3.05) is 0 Å². The van der Waals surface area contributed by atoms with Crippen LogP contribution >= 0.6 is 0 Å². The molecule has 0 heterocycles. The maximum Gasteiger partial charge on any atom is 0.178 e. The second-order valence-corrected chi connectivity index (χ2v) is 1.78. The lowest BCUT2D eigenvalue weighted by molar-refractivity contribution is -0.0424. The molecule has 4 heteroatoms. The zero-order chi connectivity index (χ0) is 6.69. The molecule has 0 fully saturated rings. The molecule has 0 aromatic heterocycles. The third kappa shape index (κ3) is 3.69. The Balaban J connectivity index is 0. The first kappa shape index (κ1) is 12.7. The maximum atomic E-state index is 8.58. The largest absolute Gasteiger partial charge is 0.412 e. The molecule has 1 aromatic rings. The Bertz CT molecular complexity index is 173. The topological polar surface area (TPSA) is 103 Å². The molecule has 0 spiro atoms. The minimum Gasteiger partial charge on any atom is -0.412 e. The van der Waals surface area contributed by atoms with Crippen LogP contribution in [-0.2, 0) is 0 Å². The van der Waals surface area contributed by atoms with Gasteiger partial charge in [-0.2, -0.15) is 0 Å². The molecule has 0 radical (unpaired) electrons. The van der Waals surface area contributed by atoms with E-state index in [1.807, 2.05) is 6.07 Å². The Labute approximate surface area is 64.3 Å². The monoisotopic (exact) mass is 160 g/mol. The number of rotatable bonds is 1. The van der Waals surface area contributed by atoms with E-state index < -0.39 is 6.29 Å². The highest BCUT2D eigenvalue weighted by Gasteiger charge is 1.97. The van der Waals surface area contributed by atoms with Gasteiger partial charge in [0.05, 0.1) is 0 Å². The van der Waals surface area contributed by atoms with Gasteiger partial charge in [0.1, 0.15) is 0 Å². The van der Waals surface area contributed by atoms with E-state index in [9.17, 15) is 0 Å². The summed E-state index contributed by atoms with van der Waals surface area (Å²) in [5, 5.41) is 17.2. The highest BCUT2D eigenvalue weighted by atomic mass is 16.5. The Hall–Kier alpha value is -0.940. The second-order valence-electron chi connectivity index (χ2n) is 1.78. The molecule has 64 valence electrons. The Morgan fingerprint density at radius 2 is 1.36 bits per heavy atom. The normalized spacial score (nSPS) is 8.27. The molecule has 0 aliphatic heterocycles. The average molecular weight is 160 g/mol. The molecular formula is C7H12O4. The van der Waals surface area contributed by atoms with Crippen molar-refractivity contribution in [3.63, 3.8) is 0 Å². The van der Waals surface area contributed by atoms with Gasteiger partial charge in [-0.25, -0.2) is 0 Å². The van der Waals surface area contributed by atoms with Crippen LogP contribution < -0.4 is 0 Å². The molecule has 0 amide bonds. The highest BCUT2D eigenvalue weighted by molar-refractivity contribution is 5.15. The van der Waals surface area contributed by atoms with E-state index in [1.165, 1.54) is 0 Å². The fraction of sp³-hybridized carbons (Fsp3) is 0.143. The molecule has 0 atom stereocenters. The van der Waals surface area contributed by atoms with Crippen LogP contribution in [0.5, 0.6) is 0 Å². The minimum atomic E-state index is -1.34. The Kier molecular flexibility index (Phi) is 6.72. The van der Waals surface area contributed by atoms with Gasteiger partial charge in [0.15, 0.2) is 6.29 Å². The van der Waals surface area contributed by atoms with Crippen molar-refractivity contribution >= 4 is 0 Å². The van der Waals surface area contributed by atoms with Crippen LogP contribution in [0.2, 0.25) is 0 Å². The van der Waals surface area contributed by atoms with Crippen LogP contribution in [0.15, 0.2) is 30.3 Å². The van der Waals surface area contributed by atoms with Crippen molar-refractivity contribution in [2.24, 2.45) is 0 Å². The molecule has 11 heavy (non-hydrogen) atoms. The number of hydrogen-bond donors (Lipinski definition) is 2. The van der Waals surface area contributed by atoms with Gasteiger partial charge in [-0.3, -0.25) is 0 Å². The number of aliphatic hydroxyl groups excluding tert-OH is 1. The predicted octanol–water partition coefficient (Wildman–Crippen LogP) is -0.980. The molecule has 0 aliphatic carbocycles. The van der Waals surface area contributed by atoms with E-state index in [-0.39, 0.29) is 11.0 Å². The van der Waals surface area contributed by atoms with E-state index in [0.29, 0.717) is 5.56 Å². The Morgan fingerprint density at radius 3 is 1.64 bits per heavy atom. The quantitative estimate of drug-likeness (QED) is 0.515. The summed E-state index contributed by atoms with van der Waals surface area (Å²) in [6, 6.07) is 8.66. The van der Waals surface area contributed by atoms with Gasteiger partial charge in [-0.1, -0.05) is 30.3 Å². The van der Waals surface area contributed by atoms with Gasteiger partial charge in [0.25, 0.3) is 0 Å². The third-order valence-corrected chi connectivity index (χ3v) is 1.10. The predicted molar refractivity (Wildman–Crippen MR) is 40.8 cm³/mol. The van der Waals surface area contributed by atoms with Gasteiger partial charge >= 0.3 is 0 Å². The minimum absolute atomic E-state index is 0. The first-order valence-electron chi connectivity index (χ1n) is 2.72. The van der Waals surface area contributed by atoms with Crippen LogP contribution in [0.4, 0.5) is 0 Å². The van der Waals surface area contributed by atoms with Gasteiger partial charge < -0.3 is 21.2 Å². The SMILES string of the molecule is O.O.OC(O)c1ccccc1. The first-order chi connectivity index (χ1) is 4.30. The summed E-state index contributed by atoms with van der Waals surface area (Å²) in [6.45, 7) is 0. The third-order valence-electron chi connectivity index (χ3n) is 1.10. The summed E-state index contributed by atoms with van der Waals surface area (Å²) in [5.41, 5.74) is 0.525. The summed E-state index contributed by atoms with van der Waals surface area (Å²) in [7, 11) is 0. The molecule has 0 bridgehead atoms. The summed E-state index contributed by atoms with van der Waals surface area (Å²) in [6.07, 6.45) is -1.34. The second kappa shape index (κ2) is 5.82. The molecular weight excluding hydrogens is 148 g/mol. The fourth-order valence-corrected chi connectivity index (χ4v) is 0.625. The van der Waals surface area contributed by atoms with Crippen molar-refractivity contribution in [1.29, 1.82) is 0 Å². The number of aliphatic hydroxyl groups is 2. The van der Waals surface area contributed by atoms with Gasteiger partial charge in [-0.05, 0) is 0 Å². The number of benzene rings is 1. The van der Waals surface area contributed by atoms with Crippen LogP contribution in [0.25, 0.3) is 0 Å².